The molecule has 1 amide bonds. The summed E-state index contributed by atoms with van der Waals surface area (Å²) in [7, 11) is 1.64. The molecular formula is C18H22N4O2. The highest BCUT2D eigenvalue weighted by atomic mass is 16.5. The van der Waals surface area contributed by atoms with Gasteiger partial charge in [-0.15, -0.1) is 5.10 Å². The number of para-hydroxylation sites is 1. The summed E-state index contributed by atoms with van der Waals surface area (Å²) < 4.78 is 7.29. The van der Waals surface area contributed by atoms with Crippen molar-refractivity contribution >= 4 is 5.91 Å². The van der Waals surface area contributed by atoms with E-state index in [2.05, 4.69) is 16.5 Å². The molecule has 4 rings (SSSR count). The Hall–Kier alpha value is -2.37. The molecule has 24 heavy (non-hydrogen) atoms. The van der Waals surface area contributed by atoms with E-state index < -0.39 is 0 Å². The van der Waals surface area contributed by atoms with E-state index in [1.165, 1.54) is 12.8 Å². The fraction of sp³-hybridized carbons (Fsp3) is 0.500. The highest BCUT2D eigenvalue weighted by molar-refractivity contribution is 5.79. The van der Waals surface area contributed by atoms with Crippen LogP contribution >= 0.6 is 0 Å². The van der Waals surface area contributed by atoms with Crippen molar-refractivity contribution in [1.82, 2.24) is 19.9 Å². The number of aromatic nitrogens is 3. The Kier molecular flexibility index (Phi) is 3.96. The van der Waals surface area contributed by atoms with Gasteiger partial charge in [-0.25, -0.2) is 4.68 Å². The highest BCUT2D eigenvalue weighted by Crippen LogP contribution is 2.39. The lowest BCUT2D eigenvalue weighted by Crippen LogP contribution is -2.30. The number of rotatable bonds is 5. The zero-order valence-corrected chi connectivity index (χ0v) is 13.9. The molecule has 126 valence electrons. The number of carbonyl (C=O) groups is 1. The van der Waals surface area contributed by atoms with Gasteiger partial charge in [0.25, 0.3) is 0 Å². The van der Waals surface area contributed by atoms with E-state index in [1.807, 2.05) is 33.8 Å². The van der Waals surface area contributed by atoms with Crippen molar-refractivity contribution in [2.45, 2.75) is 37.6 Å². The van der Waals surface area contributed by atoms with Crippen LogP contribution < -0.4 is 4.74 Å². The van der Waals surface area contributed by atoms with Gasteiger partial charge in [0.05, 0.1) is 25.3 Å². The Morgan fingerprint density at radius 3 is 2.92 bits per heavy atom. The third-order valence-electron chi connectivity index (χ3n) is 4.95. The number of amides is 1. The lowest BCUT2D eigenvalue weighted by Gasteiger charge is -2.17. The van der Waals surface area contributed by atoms with Gasteiger partial charge in [0.15, 0.2) is 0 Å². The zero-order chi connectivity index (χ0) is 16.5. The molecule has 0 unspecified atom stereocenters. The van der Waals surface area contributed by atoms with Gasteiger partial charge in [-0.2, -0.15) is 0 Å². The first-order chi connectivity index (χ1) is 11.7. The Labute approximate surface area is 141 Å². The van der Waals surface area contributed by atoms with Crippen LogP contribution in [0, 0.1) is 0 Å². The van der Waals surface area contributed by atoms with Gasteiger partial charge in [-0.3, -0.25) is 4.79 Å². The molecule has 1 atom stereocenters. The molecule has 2 fully saturated rings. The number of likely N-dealkylation sites (tertiary alicyclic amines) is 1. The maximum atomic E-state index is 12.6. The van der Waals surface area contributed by atoms with Crippen molar-refractivity contribution in [3.05, 3.63) is 41.7 Å². The first-order valence-corrected chi connectivity index (χ1v) is 8.56. The topological polar surface area (TPSA) is 60.2 Å². The van der Waals surface area contributed by atoms with Crippen LogP contribution in [0.15, 0.2) is 30.5 Å². The SMILES string of the molecule is COc1ccccc1CC(=O)N1CC[C@@H](n2cc(C3CC3)nn2)C1. The highest BCUT2D eigenvalue weighted by Gasteiger charge is 2.31. The van der Waals surface area contributed by atoms with E-state index in [-0.39, 0.29) is 11.9 Å². The molecule has 0 radical (unpaired) electrons. The average Bonchev–Trinajstić information content (AvgIpc) is 3.13. The minimum atomic E-state index is 0.143. The number of carbonyl (C=O) groups excluding carboxylic acids is 1. The number of benzene rings is 1. The lowest BCUT2D eigenvalue weighted by atomic mass is 10.1. The zero-order valence-electron chi connectivity index (χ0n) is 13.9. The van der Waals surface area contributed by atoms with Crippen molar-refractivity contribution in [2.75, 3.05) is 20.2 Å². The van der Waals surface area contributed by atoms with Crippen molar-refractivity contribution in [3.8, 4) is 5.75 Å². The van der Waals surface area contributed by atoms with Gasteiger partial charge in [0, 0.05) is 30.8 Å². The second-order valence-corrected chi connectivity index (χ2v) is 6.67. The summed E-state index contributed by atoms with van der Waals surface area (Å²) >= 11 is 0. The Bertz CT molecular complexity index is 738. The van der Waals surface area contributed by atoms with Gasteiger partial charge in [0.1, 0.15) is 5.75 Å². The van der Waals surface area contributed by atoms with Crippen LogP contribution in [0.5, 0.6) is 5.75 Å². The summed E-state index contributed by atoms with van der Waals surface area (Å²) in [6.45, 7) is 1.48. The van der Waals surface area contributed by atoms with Crippen molar-refractivity contribution < 1.29 is 9.53 Å². The second-order valence-electron chi connectivity index (χ2n) is 6.67. The third-order valence-corrected chi connectivity index (χ3v) is 4.95. The molecule has 1 aromatic carbocycles. The number of nitrogens with zero attached hydrogens (tertiary/aromatic N) is 4. The van der Waals surface area contributed by atoms with E-state index in [4.69, 9.17) is 4.74 Å². The van der Waals surface area contributed by atoms with Crippen LogP contribution in [0.4, 0.5) is 0 Å². The molecule has 1 aliphatic carbocycles. The largest absolute Gasteiger partial charge is 0.496 e. The lowest BCUT2D eigenvalue weighted by molar-refractivity contribution is -0.129. The number of ether oxygens (including phenoxy) is 1. The van der Waals surface area contributed by atoms with Crippen molar-refractivity contribution in [2.24, 2.45) is 0 Å². The van der Waals surface area contributed by atoms with Gasteiger partial charge >= 0.3 is 0 Å². The molecule has 1 saturated heterocycles. The smallest absolute Gasteiger partial charge is 0.227 e. The molecule has 1 aromatic heterocycles. The standard InChI is InChI=1S/C18H22N4O2/c1-24-17-5-3-2-4-14(17)10-18(23)21-9-8-15(11-21)22-12-16(19-20-22)13-6-7-13/h2-5,12-13,15H,6-11H2,1H3/t15-/m1/s1. The molecule has 1 saturated carbocycles. The predicted molar refractivity (Wildman–Crippen MR) is 88.9 cm³/mol. The van der Waals surface area contributed by atoms with Crippen LogP contribution in [-0.2, 0) is 11.2 Å². The first-order valence-electron chi connectivity index (χ1n) is 8.56. The number of methoxy groups -OCH3 is 1. The maximum absolute atomic E-state index is 12.6. The number of hydrogen-bond acceptors (Lipinski definition) is 4. The fourth-order valence-electron chi connectivity index (χ4n) is 3.34. The third kappa shape index (κ3) is 3.00. The van der Waals surface area contributed by atoms with E-state index in [0.29, 0.717) is 18.9 Å². The molecule has 1 aliphatic heterocycles. The summed E-state index contributed by atoms with van der Waals surface area (Å²) in [5.74, 6) is 1.53. The van der Waals surface area contributed by atoms with E-state index >= 15 is 0 Å². The molecule has 0 N–H and O–H groups in total. The van der Waals surface area contributed by atoms with Crippen LogP contribution in [0.25, 0.3) is 0 Å². The molecule has 0 spiro atoms. The van der Waals surface area contributed by atoms with Gasteiger partial charge in [-0.05, 0) is 25.3 Å². The summed E-state index contributed by atoms with van der Waals surface area (Å²) in [6.07, 6.45) is 5.84. The maximum Gasteiger partial charge on any atom is 0.227 e. The first kappa shape index (κ1) is 15.2. The monoisotopic (exact) mass is 326 g/mol. The quantitative estimate of drug-likeness (QED) is 0.845. The Morgan fingerprint density at radius 2 is 2.12 bits per heavy atom. The number of hydrogen-bond donors (Lipinski definition) is 0. The van der Waals surface area contributed by atoms with Crippen molar-refractivity contribution in [3.63, 3.8) is 0 Å². The van der Waals surface area contributed by atoms with Crippen LogP contribution in [0.2, 0.25) is 0 Å². The van der Waals surface area contributed by atoms with Gasteiger partial charge in [0.2, 0.25) is 5.91 Å². The normalized spacial score (nSPS) is 20.4. The van der Waals surface area contributed by atoms with Crippen LogP contribution in [0.3, 0.4) is 0 Å². The molecule has 2 aromatic rings. The molecular weight excluding hydrogens is 304 g/mol. The van der Waals surface area contributed by atoms with Crippen molar-refractivity contribution in [1.29, 1.82) is 0 Å². The molecule has 0 bridgehead atoms. The van der Waals surface area contributed by atoms with Gasteiger partial charge < -0.3 is 9.64 Å². The summed E-state index contributed by atoms with van der Waals surface area (Å²) in [5.41, 5.74) is 2.04. The fourth-order valence-corrected chi connectivity index (χ4v) is 3.34. The predicted octanol–water partition coefficient (Wildman–Crippen LogP) is 2.18. The molecule has 2 aliphatic rings. The minimum Gasteiger partial charge on any atom is -0.496 e. The van der Waals surface area contributed by atoms with Crippen LogP contribution in [-0.4, -0.2) is 46.0 Å². The van der Waals surface area contributed by atoms with E-state index in [0.717, 1.165) is 30.0 Å². The summed E-state index contributed by atoms with van der Waals surface area (Å²) in [6, 6.07) is 7.94. The Balaban J connectivity index is 1.39. The average molecular weight is 326 g/mol. The minimum absolute atomic E-state index is 0.143. The second kappa shape index (κ2) is 6.26. The molecule has 6 heteroatoms. The molecule has 2 heterocycles. The summed E-state index contributed by atoms with van der Waals surface area (Å²) in [5, 5.41) is 8.55. The van der Waals surface area contributed by atoms with E-state index in [1.54, 1.807) is 7.11 Å². The Morgan fingerprint density at radius 1 is 1.29 bits per heavy atom. The van der Waals surface area contributed by atoms with E-state index in [9.17, 15) is 4.79 Å². The van der Waals surface area contributed by atoms with Crippen LogP contribution in [0.1, 0.15) is 42.5 Å². The molecule has 6 nitrogen and oxygen atoms in total. The summed E-state index contributed by atoms with van der Waals surface area (Å²) in [4.78, 5) is 14.5. The van der Waals surface area contributed by atoms with Gasteiger partial charge in [-0.1, -0.05) is 23.4 Å².